The molecule has 32 heavy (non-hydrogen) atoms. The number of carbonyl (C=O) groups is 1. The molecule has 0 fully saturated rings. The lowest BCUT2D eigenvalue weighted by Gasteiger charge is -2.31. The van der Waals surface area contributed by atoms with Gasteiger partial charge in [0.25, 0.3) is 5.91 Å². The van der Waals surface area contributed by atoms with Gasteiger partial charge in [-0.15, -0.1) is 0 Å². The van der Waals surface area contributed by atoms with Crippen LogP contribution in [0.2, 0.25) is 0 Å². The highest BCUT2D eigenvalue weighted by Gasteiger charge is 2.65. The van der Waals surface area contributed by atoms with E-state index in [1.165, 1.54) is 16.9 Å². The van der Waals surface area contributed by atoms with E-state index in [1.807, 2.05) is 0 Å². The smallest absolute Gasteiger partial charge is 0.421 e. The number of nitrogen functional groups attached to an aromatic ring is 1. The van der Waals surface area contributed by atoms with E-state index < -0.39 is 29.6 Å². The van der Waals surface area contributed by atoms with Gasteiger partial charge in [0.2, 0.25) is 0 Å². The number of fused-ring (bicyclic) bond motifs is 1. The van der Waals surface area contributed by atoms with E-state index in [4.69, 9.17) is 5.73 Å². The number of halogens is 4. The number of rotatable bonds is 5. The summed E-state index contributed by atoms with van der Waals surface area (Å²) in [5.41, 5.74) is 6.65. The minimum atomic E-state index is -4.86. The molecule has 1 aromatic carbocycles. The first-order chi connectivity index (χ1) is 15.1. The Hall–Kier alpha value is -4.03. The van der Waals surface area contributed by atoms with E-state index in [0.29, 0.717) is 18.2 Å². The van der Waals surface area contributed by atoms with Crippen molar-refractivity contribution in [1.82, 2.24) is 14.8 Å². The number of ether oxygens (including phenoxy) is 2. The molecule has 4 N–H and O–H groups in total. The van der Waals surface area contributed by atoms with Gasteiger partial charge in [0.1, 0.15) is 17.2 Å². The van der Waals surface area contributed by atoms with Crippen molar-refractivity contribution in [3.05, 3.63) is 53.9 Å². The summed E-state index contributed by atoms with van der Waals surface area (Å²) in [5, 5.41) is 9.60. The summed E-state index contributed by atoms with van der Waals surface area (Å²) in [4.78, 5) is 16.6. The highest BCUT2D eigenvalue weighted by atomic mass is 19.3. The van der Waals surface area contributed by atoms with Crippen LogP contribution in [0.4, 0.5) is 34.9 Å². The standard InChI is InChI=1S/C19H16F4N6O3/c1-29-16(26-8-10-4-5-25-15(24)6-10)12(9-27-29)17(30)28-11-2-3-13-14(7-11)32-19(22,23)18(20,21)31-13/h2-7,9,26H,8H2,1H3,(H2,24,25)(H,28,30). The molecule has 0 atom stereocenters. The Kier molecular flexibility index (Phi) is 5.03. The number of alkyl halides is 4. The van der Waals surface area contributed by atoms with E-state index in [2.05, 4.69) is 30.2 Å². The van der Waals surface area contributed by atoms with Crippen molar-refractivity contribution in [2.24, 2.45) is 7.05 Å². The van der Waals surface area contributed by atoms with Crippen LogP contribution in [-0.2, 0) is 13.6 Å². The molecule has 0 saturated heterocycles. The summed E-state index contributed by atoms with van der Waals surface area (Å²) < 4.78 is 62.9. The van der Waals surface area contributed by atoms with Crippen LogP contribution in [-0.4, -0.2) is 32.9 Å². The van der Waals surface area contributed by atoms with Crippen molar-refractivity contribution >= 4 is 23.2 Å². The third-order valence-corrected chi connectivity index (χ3v) is 4.51. The van der Waals surface area contributed by atoms with E-state index >= 15 is 0 Å². The maximum Gasteiger partial charge on any atom is 0.507 e. The average Bonchev–Trinajstić information content (AvgIpc) is 3.08. The second-order valence-electron chi connectivity index (χ2n) is 6.83. The van der Waals surface area contributed by atoms with Crippen LogP contribution in [0, 0.1) is 0 Å². The summed E-state index contributed by atoms with van der Waals surface area (Å²) in [6.45, 7) is 0.319. The van der Waals surface area contributed by atoms with E-state index in [9.17, 15) is 22.4 Å². The van der Waals surface area contributed by atoms with Crippen LogP contribution in [0.15, 0.2) is 42.7 Å². The van der Waals surface area contributed by atoms with E-state index in [1.54, 1.807) is 25.4 Å². The fourth-order valence-electron chi connectivity index (χ4n) is 2.95. The number of pyridine rings is 1. The van der Waals surface area contributed by atoms with Gasteiger partial charge < -0.3 is 25.8 Å². The van der Waals surface area contributed by atoms with Gasteiger partial charge in [-0.25, -0.2) is 4.98 Å². The number of aromatic nitrogens is 3. The minimum absolute atomic E-state index is 0.0232. The van der Waals surface area contributed by atoms with Crippen LogP contribution >= 0.6 is 0 Å². The number of anilines is 3. The Labute approximate surface area is 178 Å². The Morgan fingerprint density at radius 3 is 2.56 bits per heavy atom. The molecule has 9 nitrogen and oxygen atoms in total. The first-order valence-corrected chi connectivity index (χ1v) is 9.11. The lowest BCUT2D eigenvalue weighted by molar-refractivity contribution is -0.391. The van der Waals surface area contributed by atoms with Crippen LogP contribution in [0.25, 0.3) is 0 Å². The predicted octanol–water partition coefficient (Wildman–Crippen LogP) is 3.22. The molecule has 3 heterocycles. The van der Waals surface area contributed by atoms with E-state index in [-0.39, 0.29) is 11.3 Å². The maximum absolute atomic E-state index is 13.4. The number of carbonyl (C=O) groups excluding carboxylic acids is 1. The molecule has 0 spiro atoms. The second kappa shape index (κ2) is 7.59. The molecule has 3 aromatic rings. The van der Waals surface area contributed by atoms with Crippen molar-refractivity contribution < 1.29 is 31.8 Å². The van der Waals surface area contributed by atoms with Gasteiger partial charge in [-0.1, -0.05) is 0 Å². The summed E-state index contributed by atoms with van der Waals surface area (Å²) >= 11 is 0. The summed E-state index contributed by atoms with van der Waals surface area (Å²) in [6, 6.07) is 6.57. The Balaban J connectivity index is 1.51. The molecule has 1 amide bonds. The van der Waals surface area contributed by atoms with Crippen molar-refractivity contribution in [3.8, 4) is 11.5 Å². The van der Waals surface area contributed by atoms with E-state index in [0.717, 1.165) is 17.7 Å². The molecule has 168 valence electrons. The number of aryl methyl sites for hydroxylation is 1. The zero-order valence-corrected chi connectivity index (χ0v) is 16.4. The summed E-state index contributed by atoms with van der Waals surface area (Å²) in [5.74, 6) is -1.13. The molecule has 0 aliphatic carbocycles. The number of amides is 1. The number of benzene rings is 1. The molecule has 1 aliphatic heterocycles. The molecule has 0 unspecified atom stereocenters. The third-order valence-electron chi connectivity index (χ3n) is 4.51. The lowest BCUT2D eigenvalue weighted by Crippen LogP contribution is -2.52. The minimum Gasteiger partial charge on any atom is -0.421 e. The molecule has 2 aromatic heterocycles. The van der Waals surface area contributed by atoms with Gasteiger partial charge in [-0.05, 0) is 29.8 Å². The van der Waals surface area contributed by atoms with Crippen molar-refractivity contribution in [3.63, 3.8) is 0 Å². The van der Waals surface area contributed by atoms with Crippen molar-refractivity contribution in [2.45, 2.75) is 18.8 Å². The fourth-order valence-corrected chi connectivity index (χ4v) is 2.95. The summed E-state index contributed by atoms with van der Waals surface area (Å²) in [6.07, 6.45) is -6.82. The van der Waals surface area contributed by atoms with Crippen LogP contribution in [0.5, 0.6) is 11.5 Å². The molecule has 0 radical (unpaired) electrons. The van der Waals surface area contributed by atoms with Gasteiger partial charge >= 0.3 is 12.2 Å². The lowest BCUT2D eigenvalue weighted by atomic mass is 10.2. The van der Waals surface area contributed by atoms with Gasteiger partial charge in [0.15, 0.2) is 11.5 Å². The number of hydrogen-bond acceptors (Lipinski definition) is 7. The first kappa shape index (κ1) is 21.2. The fraction of sp³-hybridized carbons (Fsp3) is 0.211. The number of nitrogens with two attached hydrogens (primary N) is 1. The number of nitrogens with one attached hydrogen (secondary N) is 2. The monoisotopic (exact) mass is 452 g/mol. The SMILES string of the molecule is Cn1ncc(C(=O)Nc2ccc3c(c2)OC(F)(F)C(F)(F)O3)c1NCc1ccnc(N)c1. The average molecular weight is 452 g/mol. The molecule has 0 bridgehead atoms. The van der Waals surface area contributed by atoms with Gasteiger partial charge in [-0.2, -0.15) is 22.7 Å². The highest BCUT2D eigenvalue weighted by molar-refractivity contribution is 6.07. The third kappa shape index (κ3) is 3.96. The number of nitrogens with zero attached hydrogens (tertiary/aromatic N) is 3. The van der Waals surface area contributed by atoms with Crippen LogP contribution < -0.4 is 25.8 Å². The molecule has 0 saturated carbocycles. The molecule has 4 rings (SSSR count). The van der Waals surface area contributed by atoms with Gasteiger partial charge in [0, 0.05) is 31.5 Å². The largest absolute Gasteiger partial charge is 0.507 e. The normalized spacial score (nSPS) is 15.8. The highest BCUT2D eigenvalue weighted by Crippen LogP contribution is 2.47. The molecule has 1 aliphatic rings. The Morgan fingerprint density at radius 2 is 1.84 bits per heavy atom. The second-order valence-corrected chi connectivity index (χ2v) is 6.83. The van der Waals surface area contributed by atoms with Crippen LogP contribution in [0.3, 0.4) is 0 Å². The topological polar surface area (TPSA) is 116 Å². The Morgan fingerprint density at radius 1 is 1.12 bits per heavy atom. The quantitative estimate of drug-likeness (QED) is 0.509. The molecular formula is C19H16F4N6O3. The zero-order valence-electron chi connectivity index (χ0n) is 16.4. The first-order valence-electron chi connectivity index (χ1n) is 9.11. The molecule has 13 heteroatoms. The Bertz CT molecular complexity index is 1180. The maximum atomic E-state index is 13.4. The molecular weight excluding hydrogens is 436 g/mol. The van der Waals surface area contributed by atoms with Crippen molar-refractivity contribution in [1.29, 1.82) is 0 Å². The zero-order chi connectivity index (χ0) is 23.1. The summed E-state index contributed by atoms with van der Waals surface area (Å²) in [7, 11) is 1.62. The van der Waals surface area contributed by atoms with Gasteiger partial charge in [0.05, 0.1) is 6.20 Å². The predicted molar refractivity (Wildman–Crippen MR) is 105 cm³/mol. The number of hydrogen-bond donors (Lipinski definition) is 3. The van der Waals surface area contributed by atoms with Gasteiger partial charge in [-0.3, -0.25) is 9.48 Å². The van der Waals surface area contributed by atoms with Crippen molar-refractivity contribution in [2.75, 3.05) is 16.4 Å². The van der Waals surface area contributed by atoms with Crippen LogP contribution in [0.1, 0.15) is 15.9 Å².